The Bertz CT molecular complexity index is 484. The summed E-state index contributed by atoms with van der Waals surface area (Å²) in [5.41, 5.74) is 0.215. The van der Waals surface area contributed by atoms with Crippen LogP contribution in [0.4, 0.5) is 8.78 Å². The average molecular weight is 297 g/mol. The van der Waals surface area contributed by atoms with Crippen LogP contribution >= 0.6 is 0 Å². The minimum atomic E-state index is -0.754. The normalized spacial score (nSPS) is 24.0. The van der Waals surface area contributed by atoms with Gasteiger partial charge in [0.2, 0.25) is 0 Å². The van der Waals surface area contributed by atoms with Crippen molar-refractivity contribution in [2.45, 2.75) is 58.1 Å². The fraction of sp³-hybridized carbons (Fsp3) is 0.647. The van der Waals surface area contributed by atoms with Gasteiger partial charge in [0.1, 0.15) is 0 Å². The number of nitrogens with one attached hydrogen (secondary N) is 1. The number of halogens is 2. The molecule has 0 spiro atoms. The molecule has 0 radical (unpaired) electrons. The lowest BCUT2D eigenvalue weighted by Crippen LogP contribution is -2.46. The lowest BCUT2D eigenvalue weighted by Gasteiger charge is -2.41. The van der Waals surface area contributed by atoms with E-state index in [9.17, 15) is 8.78 Å². The Balaban J connectivity index is 2.38. The number of aryl methyl sites for hydroxylation is 1. The predicted molar refractivity (Wildman–Crippen MR) is 80.3 cm³/mol. The van der Waals surface area contributed by atoms with Gasteiger partial charge in [-0.25, -0.2) is 8.78 Å². The highest BCUT2D eigenvalue weighted by molar-refractivity contribution is 5.30. The molecule has 1 aromatic rings. The molecule has 0 aromatic heterocycles. The maximum atomic E-state index is 14.4. The molecule has 2 atom stereocenters. The Labute approximate surface area is 125 Å². The number of hydrogen-bond donors (Lipinski definition) is 1. The molecule has 1 fully saturated rings. The molecule has 1 aliphatic heterocycles. The molecule has 0 aliphatic carbocycles. The van der Waals surface area contributed by atoms with E-state index in [4.69, 9.17) is 4.74 Å². The van der Waals surface area contributed by atoms with Crippen LogP contribution in [-0.2, 0) is 4.74 Å². The van der Waals surface area contributed by atoms with Crippen LogP contribution in [-0.4, -0.2) is 18.8 Å². The second-order valence-corrected chi connectivity index (χ2v) is 6.11. The second kappa shape index (κ2) is 6.84. The minimum absolute atomic E-state index is 0.326. The minimum Gasteiger partial charge on any atom is -0.373 e. The van der Waals surface area contributed by atoms with E-state index >= 15 is 0 Å². The summed E-state index contributed by atoms with van der Waals surface area (Å²) in [7, 11) is 0. The van der Waals surface area contributed by atoms with Crippen LogP contribution in [0.5, 0.6) is 0 Å². The van der Waals surface area contributed by atoms with E-state index in [2.05, 4.69) is 12.2 Å². The number of rotatable bonds is 5. The van der Waals surface area contributed by atoms with Gasteiger partial charge in [-0.05, 0) is 51.6 Å². The van der Waals surface area contributed by atoms with Crippen molar-refractivity contribution in [3.05, 3.63) is 34.9 Å². The molecule has 0 bridgehead atoms. The summed E-state index contributed by atoms with van der Waals surface area (Å²) in [5, 5.41) is 3.35. The third kappa shape index (κ3) is 3.43. The molecular weight excluding hydrogens is 272 g/mol. The SMILES string of the molecule is CCCNC(c1ccc(C)c(F)c1F)C1(C)CCCCO1. The van der Waals surface area contributed by atoms with Crippen LogP contribution in [0.2, 0.25) is 0 Å². The standard InChI is InChI=1S/C17H25F2NO/c1-4-10-20-16(17(3)9-5-6-11-21-17)13-8-7-12(2)14(18)15(13)19/h7-8,16,20H,4-6,9-11H2,1-3H3. The molecule has 2 nitrogen and oxygen atoms in total. The van der Waals surface area contributed by atoms with Crippen LogP contribution in [0.15, 0.2) is 12.1 Å². The van der Waals surface area contributed by atoms with E-state index in [1.54, 1.807) is 19.1 Å². The van der Waals surface area contributed by atoms with Crippen LogP contribution in [0, 0.1) is 18.6 Å². The van der Waals surface area contributed by atoms with Gasteiger partial charge in [0.05, 0.1) is 11.6 Å². The Morgan fingerprint density at radius 1 is 1.29 bits per heavy atom. The summed E-state index contributed by atoms with van der Waals surface area (Å²) in [5.74, 6) is -1.51. The molecule has 2 rings (SSSR count). The Kier molecular flexibility index (Phi) is 5.33. The fourth-order valence-electron chi connectivity index (χ4n) is 3.01. The van der Waals surface area contributed by atoms with Gasteiger partial charge in [-0.2, -0.15) is 0 Å². The molecule has 1 heterocycles. The molecule has 1 aromatic carbocycles. The summed E-state index contributed by atoms with van der Waals surface area (Å²) >= 11 is 0. The van der Waals surface area contributed by atoms with Gasteiger partial charge in [-0.3, -0.25) is 0 Å². The summed E-state index contributed by atoms with van der Waals surface area (Å²) in [4.78, 5) is 0. The molecule has 0 saturated carbocycles. The van der Waals surface area contributed by atoms with E-state index in [-0.39, 0.29) is 6.04 Å². The largest absolute Gasteiger partial charge is 0.373 e. The van der Waals surface area contributed by atoms with Crippen molar-refractivity contribution in [2.24, 2.45) is 0 Å². The van der Waals surface area contributed by atoms with Crippen molar-refractivity contribution in [3.8, 4) is 0 Å². The second-order valence-electron chi connectivity index (χ2n) is 6.11. The zero-order valence-electron chi connectivity index (χ0n) is 13.1. The smallest absolute Gasteiger partial charge is 0.163 e. The summed E-state index contributed by atoms with van der Waals surface area (Å²) < 4.78 is 34.3. The van der Waals surface area contributed by atoms with Crippen LogP contribution in [0.25, 0.3) is 0 Å². The number of benzene rings is 1. The highest BCUT2D eigenvalue weighted by Crippen LogP contribution is 2.38. The van der Waals surface area contributed by atoms with Gasteiger partial charge in [0, 0.05) is 12.2 Å². The van der Waals surface area contributed by atoms with Crippen molar-refractivity contribution in [1.82, 2.24) is 5.32 Å². The van der Waals surface area contributed by atoms with Crippen molar-refractivity contribution in [2.75, 3.05) is 13.2 Å². The zero-order valence-corrected chi connectivity index (χ0v) is 13.1. The maximum absolute atomic E-state index is 14.4. The Hall–Kier alpha value is -1.00. The Morgan fingerprint density at radius 2 is 2.05 bits per heavy atom. The zero-order chi connectivity index (χ0) is 15.5. The van der Waals surface area contributed by atoms with Gasteiger partial charge in [-0.1, -0.05) is 19.1 Å². The first-order chi connectivity index (χ1) is 9.99. The lowest BCUT2D eigenvalue weighted by molar-refractivity contribution is -0.0904. The van der Waals surface area contributed by atoms with E-state index < -0.39 is 17.2 Å². The summed E-state index contributed by atoms with van der Waals surface area (Å²) in [6.45, 7) is 7.06. The van der Waals surface area contributed by atoms with Gasteiger partial charge in [0.15, 0.2) is 11.6 Å². The Morgan fingerprint density at radius 3 is 2.67 bits per heavy atom. The van der Waals surface area contributed by atoms with E-state index in [0.29, 0.717) is 17.7 Å². The van der Waals surface area contributed by atoms with Gasteiger partial charge in [-0.15, -0.1) is 0 Å². The topological polar surface area (TPSA) is 21.3 Å². The van der Waals surface area contributed by atoms with E-state index in [1.807, 2.05) is 6.92 Å². The van der Waals surface area contributed by atoms with Crippen LogP contribution < -0.4 is 5.32 Å². The monoisotopic (exact) mass is 297 g/mol. The summed E-state index contributed by atoms with van der Waals surface area (Å²) in [6.07, 6.45) is 3.86. The molecule has 1 saturated heterocycles. The molecule has 21 heavy (non-hydrogen) atoms. The van der Waals surface area contributed by atoms with Gasteiger partial charge >= 0.3 is 0 Å². The molecule has 4 heteroatoms. The highest BCUT2D eigenvalue weighted by atomic mass is 19.2. The number of hydrogen-bond acceptors (Lipinski definition) is 2. The predicted octanol–water partition coefficient (Wildman–Crippen LogP) is 4.27. The third-order valence-corrected chi connectivity index (χ3v) is 4.32. The van der Waals surface area contributed by atoms with E-state index in [0.717, 1.165) is 32.2 Å². The van der Waals surface area contributed by atoms with Crippen molar-refractivity contribution >= 4 is 0 Å². The molecule has 118 valence electrons. The third-order valence-electron chi connectivity index (χ3n) is 4.32. The lowest BCUT2D eigenvalue weighted by atomic mass is 9.83. The molecule has 2 unspecified atom stereocenters. The average Bonchev–Trinajstić information content (AvgIpc) is 2.48. The maximum Gasteiger partial charge on any atom is 0.163 e. The quantitative estimate of drug-likeness (QED) is 0.876. The molecular formula is C17H25F2NO. The van der Waals surface area contributed by atoms with Crippen molar-refractivity contribution in [3.63, 3.8) is 0 Å². The van der Waals surface area contributed by atoms with Gasteiger partial charge < -0.3 is 10.1 Å². The molecule has 0 amide bonds. The highest BCUT2D eigenvalue weighted by Gasteiger charge is 2.39. The molecule has 1 N–H and O–H groups in total. The van der Waals surface area contributed by atoms with Gasteiger partial charge in [0.25, 0.3) is 0 Å². The van der Waals surface area contributed by atoms with Crippen LogP contribution in [0.3, 0.4) is 0 Å². The van der Waals surface area contributed by atoms with Crippen molar-refractivity contribution in [1.29, 1.82) is 0 Å². The van der Waals surface area contributed by atoms with E-state index in [1.165, 1.54) is 0 Å². The summed E-state index contributed by atoms with van der Waals surface area (Å²) in [6, 6.07) is 3.00. The van der Waals surface area contributed by atoms with Crippen molar-refractivity contribution < 1.29 is 13.5 Å². The van der Waals surface area contributed by atoms with Crippen LogP contribution in [0.1, 0.15) is 56.7 Å². The fourth-order valence-corrected chi connectivity index (χ4v) is 3.01. The first-order valence-electron chi connectivity index (χ1n) is 7.81. The molecule has 1 aliphatic rings. The first kappa shape index (κ1) is 16.4. The number of ether oxygens (including phenoxy) is 1. The first-order valence-corrected chi connectivity index (χ1v) is 7.81.